The van der Waals surface area contributed by atoms with Gasteiger partial charge in [-0.2, -0.15) is 0 Å². The lowest BCUT2D eigenvalue weighted by molar-refractivity contribution is -0.304. The number of hydrogen-bond acceptors (Lipinski definition) is 10. The van der Waals surface area contributed by atoms with E-state index in [0.717, 1.165) is 5.57 Å². The molecule has 2 rings (SSSR count). The Bertz CT molecular complexity index is 906. The van der Waals surface area contributed by atoms with Gasteiger partial charge in [0.25, 0.3) is 0 Å². The topological polar surface area (TPSA) is 146 Å². The summed E-state index contributed by atoms with van der Waals surface area (Å²) in [6, 6.07) is -0.641. The molecule has 10 heteroatoms. The quantitative estimate of drug-likeness (QED) is 0.343. The van der Waals surface area contributed by atoms with Gasteiger partial charge < -0.3 is 39.5 Å². The molecule has 1 fully saturated rings. The molecular formula is C31H53NO9. The number of allylic oxidation sites excluding steroid dienone is 3. The van der Waals surface area contributed by atoms with Crippen molar-refractivity contribution in [1.29, 1.82) is 0 Å². The van der Waals surface area contributed by atoms with Crippen molar-refractivity contribution >= 4 is 11.8 Å². The van der Waals surface area contributed by atoms with E-state index >= 15 is 0 Å². The zero-order chi connectivity index (χ0) is 31.0. The molecule has 0 spiro atoms. The van der Waals surface area contributed by atoms with Crippen LogP contribution in [0, 0.1) is 23.7 Å². The van der Waals surface area contributed by atoms with Crippen LogP contribution in [0.4, 0.5) is 0 Å². The standard InChI is InChI=1S/C31H53NO9/c1-9-21-14-18(4)23(34)12-11-17(3)13-22(16-33)25(10-2)40-26(36)15-24(35)19(5)30(21)41-31-29(38)27(32(7)8)28(37)20(6)39-31/h11-13,18-22,24-25,27-31,33,35,37-38H,9-10,14-16H2,1-8H3/b12-11+,17-13+/t18-,19+,20-,21?,22-,24-,25-,27+,28-,29-,30-,31+/m1/s1. The number of ether oxygens (including phenoxy) is 3. The largest absolute Gasteiger partial charge is 0.462 e. The van der Waals surface area contributed by atoms with E-state index in [4.69, 9.17) is 14.2 Å². The maximum Gasteiger partial charge on any atom is 0.308 e. The third kappa shape index (κ3) is 9.41. The van der Waals surface area contributed by atoms with Crippen molar-refractivity contribution in [2.75, 3.05) is 20.7 Å². The first-order valence-corrected chi connectivity index (χ1v) is 15.0. The summed E-state index contributed by atoms with van der Waals surface area (Å²) >= 11 is 0. The molecule has 4 N–H and O–H groups in total. The van der Waals surface area contributed by atoms with E-state index in [1.807, 2.05) is 27.7 Å². The van der Waals surface area contributed by atoms with Gasteiger partial charge in [0, 0.05) is 17.8 Å². The molecule has 0 radical (unpaired) electrons. The van der Waals surface area contributed by atoms with Crippen molar-refractivity contribution in [3.8, 4) is 0 Å². The average molecular weight is 584 g/mol. The number of esters is 1. The summed E-state index contributed by atoms with van der Waals surface area (Å²) in [6.07, 6.45) is 0.0171. The fourth-order valence-corrected chi connectivity index (χ4v) is 5.97. The summed E-state index contributed by atoms with van der Waals surface area (Å²) in [5, 5.41) is 43.0. The van der Waals surface area contributed by atoms with Crippen molar-refractivity contribution < 1.29 is 44.2 Å². The van der Waals surface area contributed by atoms with Gasteiger partial charge in [0.15, 0.2) is 12.1 Å². The summed E-state index contributed by atoms with van der Waals surface area (Å²) < 4.78 is 18.1. The van der Waals surface area contributed by atoms with Crippen LogP contribution in [-0.2, 0) is 23.8 Å². The van der Waals surface area contributed by atoms with Gasteiger partial charge in [-0.15, -0.1) is 0 Å². The number of aliphatic hydroxyl groups is 4. The normalized spacial score (nSPS) is 42.4. The predicted molar refractivity (Wildman–Crippen MR) is 155 cm³/mol. The molecular weight excluding hydrogens is 530 g/mol. The summed E-state index contributed by atoms with van der Waals surface area (Å²) in [7, 11) is 3.52. The number of ketones is 1. The van der Waals surface area contributed by atoms with Gasteiger partial charge in [0.2, 0.25) is 0 Å². The van der Waals surface area contributed by atoms with E-state index in [2.05, 4.69) is 0 Å². The lowest BCUT2D eigenvalue weighted by atomic mass is 9.80. The predicted octanol–water partition coefficient (Wildman–Crippen LogP) is 2.22. The van der Waals surface area contributed by atoms with Gasteiger partial charge in [-0.3, -0.25) is 9.59 Å². The summed E-state index contributed by atoms with van der Waals surface area (Å²) in [6.45, 7) is 10.8. The van der Waals surface area contributed by atoms with Crippen LogP contribution in [0.1, 0.15) is 67.2 Å². The average Bonchev–Trinajstić information content (AvgIpc) is 2.92. The summed E-state index contributed by atoms with van der Waals surface area (Å²) in [5.74, 6) is -2.28. The highest BCUT2D eigenvalue weighted by Gasteiger charge is 2.47. The molecule has 0 aromatic carbocycles. The third-order valence-electron chi connectivity index (χ3n) is 8.69. The number of nitrogens with zero attached hydrogens (tertiary/aromatic N) is 1. The monoisotopic (exact) mass is 583 g/mol. The number of hydrogen-bond donors (Lipinski definition) is 4. The Morgan fingerprint density at radius 1 is 1.02 bits per heavy atom. The van der Waals surface area contributed by atoms with Gasteiger partial charge in [0.1, 0.15) is 12.2 Å². The molecule has 2 heterocycles. The zero-order valence-corrected chi connectivity index (χ0v) is 26.0. The SMILES string of the molecule is CCC1C[C@@H](C)C(=O)/C=C/C(C)=C/[C@H](CO)[C@@H](CC)OC(=O)C[C@@H](O)[C@H](C)[C@H]1O[C@@H]1O[C@H](C)[C@@H](O)[C@H](N(C)C)[C@H]1O. The van der Waals surface area contributed by atoms with E-state index in [-0.39, 0.29) is 30.6 Å². The molecule has 0 aromatic heterocycles. The molecule has 0 saturated carbocycles. The smallest absolute Gasteiger partial charge is 0.308 e. The van der Waals surface area contributed by atoms with Crippen LogP contribution < -0.4 is 0 Å². The van der Waals surface area contributed by atoms with Crippen molar-refractivity contribution in [1.82, 2.24) is 4.90 Å². The van der Waals surface area contributed by atoms with Crippen molar-refractivity contribution in [2.24, 2.45) is 23.7 Å². The number of rotatable bonds is 6. The first kappa shape index (κ1) is 35.5. The van der Waals surface area contributed by atoms with Gasteiger partial charge in [-0.05, 0) is 52.8 Å². The number of cyclic esters (lactones) is 1. The Kier molecular flexibility index (Phi) is 14.1. The Morgan fingerprint density at radius 3 is 2.24 bits per heavy atom. The molecule has 12 atom stereocenters. The lowest BCUT2D eigenvalue weighted by Gasteiger charge is -2.46. The van der Waals surface area contributed by atoms with Crippen molar-refractivity contribution in [2.45, 2.75) is 116 Å². The van der Waals surface area contributed by atoms with Gasteiger partial charge in [-0.1, -0.05) is 51.8 Å². The van der Waals surface area contributed by atoms with Crippen LogP contribution in [-0.4, -0.2) is 107 Å². The molecule has 0 aliphatic carbocycles. The first-order valence-electron chi connectivity index (χ1n) is 15.0. The van der Waals surface area contributed by atoms with E-state index in [0.29, 0.717) is 19.3 Å². The van der Waals surface area contributed by atoms with Crippen molar-refractivity contribution in [3.05, 3.63) is 23.8 Å². The fraction of sp³-hybridized carbons (Fsp3) is 0.806. The maximum atomic E-state index is 13.1. The molecule has 10 nitrogen and oxygen atoms in total. The van der Waals surface area contributed by atoms with E-state index in [1.54, 1.807) is 45.0 Å². The maximum absolute atomic E-state index is 13.1. The second-order valence-electron chi connectivity index (χ2n) is 12.1. The van der Waals surface area contributed by atoms with E-state index < -0.39 is 66.8 Å². The molecule has 0 aromatic rings. The minimum Gasteiger partial charge on any atom is -0.462 e. The van der Waals surface area contributed by atoms with E-state index in [1.165, 1.54) is 6.08 Å². The second-order valence-corrected chi connectivity index (χ2v) is 12.1. The van der Waals surface area contributed by atoms with Gasteiger partial charge in [0.05, 0.1) is 43.5 Å². The summed E-state index contributed by atoms with van der Waals surface area (Å²) in [4.78, 5) is 27.8. The number of carbonyl (C=O) groups is 2. The molecule has 0 amide bonds. The highest BCUT2D eigenvalue weighted by atomic mass is 16.7. The number of aliphatic hydroxyl groups excluding tert-OH is 4. The van der Waals surface area contributed by atoms with Crippen LogP contribution in [0.3, 0.4) is 0 Å². The van der Waals surface area contributed by atoms with E-state index in [9.17, 15) is 30.0 Å². The highest BCUT2D eigenvalue weighted by Crippen LogP contribution is 2.34. The second kappa shape index (κ2) is 16.3. The third-order valence-corrected chi connectivity index (χ3v) is 8.69. The Morgan fingerprint density at radius 2 is 1.68 bits per heavy atom. The summed E-state index contributed by atoms with van der Waals surface area (Å²) in [5.41, 5.74) is 0.767. The molecule has 1 saturated heterocycles. The van der Waals surface area contributed by atoms with Gasteiger partial charge in [-0.25, -0.2) is 0 Å². The zero-order valence-electron chi connectivity index (χ0n) is 26.0. The Balaban J connectivity index is 2.47. The minimum atomic E-state index is -1.18. The highest BCUT2D eigenvalue weighted by molar-refractivity contribution is 5.91. The lowest BCUT2D eigenvalue weighted by Crippen LogP contribution is -2.63. The Hall–Kier alpha value is -1.66. The van der Waals surface area contributed by atoms with Crippen LogP contribution >= 0.6 is 0 Å². The molecule has 0 bridgehead atoms. The molecule has 2 aliphatic heterocycles. The molecule has 41 heavy (non-hydrogen) atoms. The molecule has 2 aliphatic rings. The fourth-order valence-electron chi connectivity index (χ4n) is 5.97. The van der Waals surface area contributed by atoms with Crippen LogP contribution in [0.25, 0.3) is 0 Å². The molecule has 1 unspecified atom stereocenters. The van der Waals surface area contributed by atoms with Crippen LogP contribution in [0.15, 0.2) is 23.8 Å². The molecule has 236 valence electrons. The minimum absolute atomic E-state index is 0.0624. The van der Waals surface area contributed by atoms with Crippen molar-refractivity contribution in [3.63, 3.8) is 0 Å². The number of carbonyl (C=O) groups excluding carboxylic acids is 2. The first-order chi connectivity index (χ1) is 19.2. The van der Waals surface area contributed by atoms with Crippen LogP contribution in [0.5, 0.6) is 0 Å². The Labute approximate surface area is 245 Å². The number of likely N-dealkylation sites (N-methyl/N-ethyl adjacent to an activating group) is 1. The van der Waals surface area contributed by atoms with Gasteiger partial charge >= 0.3 is 5.97 Å². The van der Waals surface area contributed by atoms with Crippen LogP contribution in [0.2, 0.25) is 0 Å².